The summed E-state index contributed by atoms with van der Waals surface area (Å²) >= 11 is 4.96. The van der Waals surface area contributed by atoms with Gasteiger partial charge in [-0.3, -0.25) is 0 Å². The Labute approximate surface area is 100 Å². The Hall–Kier alpha value is -1.27. The zero-order chi connectivity index (χ0) is 12.0. The second kappa shape index (κ2) is 6.34. The van der Waals surface area contributed by atoms with Crippen molar-refractivity contribution < 1.29 is 5.11 Å². The van der Waals surface area contributed by atoms with Crippen LogP contribution in [-0.2, 0) is 0 Å². The number of anilines is 1. The van der Waals surface area contributed by atoms with Crippen molar-refractivity contribution >= 4 is 23.0 Å². The predicted octanol–water partition coefficient (Wildman–Crippen LogP) is 0.320. The Morgan fingerprint density at radius 1 is 1.62 bits per heavy atom. The Morgan fingerprint density at radius 2 is 2.38 bits per heavy atom. The molecule has 0 aromatic carbocycles. The van der Waals surface area contributed by atoms with Crippen molar-refractivity contribution in [1.29, 1.82) is 0 Å². The number of nitrogens with two attached hydrogens (primary N) is 1. The van der Waals surface area contributed by atoms with Crippen molar-refractivity contribution in [3.05, 3.63) is 17.8 Å². The number of hydrogen-bond donors (Lipinski definition) is 2. The van der Waals surface area contributed by atoms with Crippen molar-refractivity contribution in [2.24, 2.45) is 5.73 Å². The Bertz CT molecular complexity index is 358. The molecule has 0 fully saturated rings. The highest BCUT2D eigenvalue weighted by Gasteiger charge is 2.12. The standard InChI is InChI=1S/C10H16N4OS/c1-2-14(6-3-7-15)10-8(9(11)16)4-5-12-13-10/h4-5,15H,2-3,6-7H2,1H3,(H2,11,16). The highest BCUT2D eigenvalue weighted by Crippen LogP contribution is 2.15. The van der Waals surface area contributed by atoms with Crippen molar-refractivity contribution in [3.8, 4) is 0 Å². The molecular formula is C10H16N4OS. The second-order valence-electron chi connectivity index (χ2n) is 3.29. The van der Waals surface area contributed by atoms with E-state index in [2.05, 4.69) is 10.2 Å². The van der Waals surface area contributed by atoms with Crippen molar-refractivity contribution in [2.75, 3.05) is 24.6 Å². The number of nitrogens with zero attached hydrogens (tertiary/aromatic N) is 3. The maximum atomic E-state index is 8.82. The Balaban J connectivity index is 2.94. The van der Waals surface area contributed by atoms with Crippen molar-refractivity contribution in [3.63, 3.8) is 0 Å². The summed E-state index contributed by atoms with van der Waals surface area (Å²) in [6.07, 6.45) is 2.25. The van der Waals surface area contributed by atoms with Gasteiger partial charge in [0.15, 0.2) is 5.82 Å². The molecule has 1 rings (SSSR count). The summed E-state index contributed by atoms with van der Waals surface area (Å²) in [4.78, 5) is 2.31. The summed E-state index contributed by atoms with van der Waals surface area (Å²) in [5, 5.41) is 16.7. The summed E-state index contributed by atoms with van der Waals surface area (Å²) in [6.45, 7) is 3.64. The maximum absolute atomic E-state index is 8.82. The molecule has 16 heavy (non-hydrogen) atoms. The van der Waals surface area contributed by atoms with E-state index in [0.717, 1.165) is 12.1 Å². The fourth-order valence-corrected chi connectivity index (χ4v) is 1.58. The lowest BCUT2D eigenvalue weighted by Gasteiger charge is -2.22. The fraction of sp³-hybridized carbons (Fsp3) is 0.500. The smallest absolute Gasteiger partial charge is 0.161 e. The zero-order valence-corrected chi connectivity index (χ0v) is 10.1. The van der Waals surface area contributed by atoms with Gasteiger partial charge >= 0.3 is 0 Å². The van der Waals surface area contributed by atoms with Crippen LogP contribution in [0.2, 0.25) is 0 Å². The number of rotatable bonds is 6. The van der Waals surface area contributed by atoms with Crippen LogP contribution >= 0.6 is 12.2 Å². The normalized spacial score (nSPS) is 10.1. The molecule has 88 valence electrons. The quantitative estimate of drug-likeness (QED) is 0.697. The van der Waals surface area contributed by atoms with Gasteiger partial charge < -0.3 is 15.7 Å². The third kappa shape index (κ3) is 3.11. The van der Waals surface area contributed by atoms with E-state index in [9.17, 15) is 0 Å². The number of aliphatic hydroxyl groups is 1. The van der Waals surface area contributed by atoms with Gasteiger partial charge in [0.05, 0.1) is 11.8 Å². The molecule has 0 aliphatic carbocycles. The van der Waals surface area contributed by atoms with Crippen LogP contribution < -0.4 is 10.6 Å². The molecule has 0 aliphatic heterocycles. The van der Waals surface area contributed by atoms with Gasteiger partial charge in [0.25, 0.3) is 0 Å². The van der Waals surface area contributed by atoms with Gasteiger partial charge in [-0.25, -0.2) is 0 Å². The molecule has 1 aromatic heterocycles. The number of hydrogen-bond acceptors (Lipinski definition) is 5. The highest BCUT2D eigenvalue weighted by molar-refractivity contribution is 7.80. The fourth-order valence-electron chi connectivity index (χ4n) is 1.43. The summed E-state index contributed by atoms with van der Waals surface area (Å²) in [6, 6.07) is 1.76. The molecule has 0 spiro atoms. The summed E-state index contributed by atoms with van der Waals surface area (Å²) < 4.78 is 0. The van der Waals surface area contributed by atoms with Gasteiger partial charge in [-0.15, -0.1) is 5.10 Å². The predicted molar refractivity (Wildman–Crippen MR) is 67.5 cm³/mol. The Kier molecular flexibility index (Phi) is 5.07. The van der Waals surface area contributed by atoms with Crippen LogP contribution in [0.3, 0.4) is 0 Å². The van der Waals surface area contributed by atoms with Crippen LogP contribution in [-0.4, -0.2) is 40.0 Å². The molecule has 1 heterocycles. The van der Waals surface area contributed by atoms with E-state index >= 15 is 0 Å². The van der Waals surface area contributed by atoms with Gasteiger partial charge in [-0.05, 0) is 19.4 Å². The van der Waals surface area contributed by atoms with Gasteiger partial charge in [0, 0.05) is 19.7 Å². The molecule has 1 aromatic rings. The minimum Gasteiger partial charge on any atom is -0.396 e. The van der Waals surface area contributed by atoms with Gasteiger partial charge in [0.1, 0.15) is 4.99 Å². The molecule has 3 N–H and O–H groups in total. The average Bonchev–Trinajstić information content (AvgIpc) is 2.30. The van der Waals surface area contributed by atoms with E-state index in [-0.39, 0.29) is 6.61 Å². The molecule has 0 bridgehead atoms. The molecule has 0 radical (unpaired) electrons. The van der Waals surface area contributed by atoms with Crippen molar-refractivity contribution in [1.82, 2.24) is 10.2 Å². The van der Waals surface area contributed by atoms with E-state index in [1.54, 1.807) is 12.3 Å². The lowest BCUT2D eigenvalue weighted by Crippen LogP contribution is -2.28. The van der Waals surface area contributed by atoms with E-state index < -0.39 is 0 Å². The van der Waals surface area contributed by atoms with Gasteiger partial charge in [-0.2, -0.15) is 5.10 Å². The van der Waals surface area contributed by atoms with E-state index in [1.807, 2.05) is 11.8 Å². The maximum Gasteiger partial charge on any atom is 0.161 e. The molecule has 0 amide bonds. The van der Waals surface area contributed by atoms with E-state index in [0.29, 0.717) is 23.8 Å². The molecule has 0 aliphatic rings. The summed E-state index contributed by atoms with van der Waals surface area (Å²) in [5.41, 5.74) is 6.35. The first kappa shape index (κ1) is 12.8. The summed E-state index contributed by atoms with van der Waals surface area (Å²) in [5.74, 6) is 0.686. The molecule has 0 unspecified atom stereocenters. The van der Waals surface area contributed by atoms with Crippen LogP contribution in [0.5, 0.6) is 0 Å². The van der Waals surface area contributed by atoms with Crippen LogP contribution in [0.15, 0.2) is 12.3 Å². The van der Waals surface area contributed by atoms with E-state index in [4.69, 9.17) is 23.1 Å². The lowest BCUT2D eigenvalue weighted by atomic mass is 10.2. The first-order valence-corrected chi connectivity index (χ1v) is 5.58. The number of aliphatic hydroxyl groups excluding tert-OH is 1. The summed E-state index contributed by atoms with van der Waals surface area (Å²) in [7, 11) is 0. The monoisotopic (exact) mass is 240 g/mol. The third-order valence-electron chi connectivity index (χ3n) is 2.23. The average molecular weight is 240 g/mol. The topological polar surface area (TPSA) is 75.3 Å². The molecule has 0 saturated heterocycles. The third-order valence-corrected chi connectivity index (χ3v) is 2.45. The van der Waals surface area contributed by atoms with Crippen molar-refractivity contribution in [2.45, 2.75) is 13.3 Å². The van der Waals surface area contributed by atoms with Crippen LogP contribution in [0.1, 0.15) is 18.9 Å². The first-order chi connectivity index (χ1) is 7.70. The molecule has 6 heteroatoms. The SMILES string of the molecule is CCN(CCCO)c1nnccc1C(N)=S. The van der Waals surface area contributed by atoms with Gasteiger partial charge in [0.2, 0.25) is 0 Å². The minimum absolute atomic E-state index is 0.152. The zero-order valence-electron chi connectivity index (χ0n) is 9.26. The minimum atomic E-state index is 0.152. The Morgan fingerprint density at radius 3 is 2.94 bits per heavy atom. The molecule has 0 saturated carbocycles. The van der Waals surface area contributed by atoms with E-state index in [1.165, 1.54) is 0 Å². The first-order valence-electron chi connectivity index (χ1n) is 5.18. The number of aromatic nitrogens is 2. The molecule has 5 nitrogen and oxygen atoms in total. The second-order valence-corrected chi connectivity index (χ2v) is 3.73. The van der Waals surface area contributed by atoms with Gasteiger partial charge in [-0.1, -0.05) is 12.2 Å². The van der Waals surface area contributed by atoms with Crippen LogP contribution in [0.25, 0.3) is 0 Å². The van der Waals surface area contributed by atoms with Crippen LogP contribution in [0, 0.1) is 0 Å². The molecule has 0 atom stereocenters. The lowest BCUT2D eigenvalue weighted by molar-refractivity contribution is 0.289. The molecular weight excluding hydrogens is 224 g/mol. The number of thiocarbonyl (C=S) groups is 1. The highest BCUT2D eigenvalue weighted by atomic mass is 32.1. The van der Waals surface area contributed by atoms with Crippen LogP contribution in [0.4, 0.5) is 5.82 Å². The largest absolute Gasteiger partial charge is 0.396 e.